The molecule has 0 unspecified atom stereocenters. The first kappa shape index (κ1) is 14.9. The molecule has 0 atom stereocenters. The molecule has 0 bridgehead atoms. The van der Waals surface area contributed by atoms with Gasteiger partial charge in [0.25, 0.3) is 5.91 Å². The molecule has 0 spiro atoms. The van der Waals surface area contributed by atoms with E-state index in [1.165, 1.54) is 12.4 Å². The molecule has 0 aliphatic rings. The van der Waals surface area contributed by atoms with Crippen molar-refractivity contribution in [1.82, 2.24) is 4.98 Å². The minimum Gasteiger partial charge on any atom is -0.404 e. The van der Waals surface area contributed by atoms with E-state index in [1.807, 2.05) is 19.1 Å². The summed E-state index contributed by atoms with van der Waals surface area (Å²) < 4.78 is 0. The number of hydrogen-bond donors (Lipinski definition) is 2. The third-order valence-corrected chi connectivity index (χ3v) is 2.53. The predicted octanol–water partition coefficient (Wildman–Crippen LogP) is 2.00. The third kappa shape index (κ3) is 4.21. The largest absolute Gasteiger partial charge is 0.404 e. The Hall–Kier alpha value is -2.17. The van der Waals surface area contributed by atoms with Gasteiger partial charge in [0.15, 0.2) is 0 Å². The van der Waals surface area contributed by atoms with Crippen molar-refractivity contribution in [2.45, 2.75) is 26.7 Å². The zero-order valence-electron chi connectivity index (χ0n) is 11.8. The predicted molar refractivity (Wildman–Crippen MR) is 78.4 cm³/mol. The van der Waals surface area contributed by atoms with Crippen molar-refractivity contribution in [2.24, 2.45) is 10.7 Å². The maximum atomic E-state index is 11.9. The van der Waals surface area contributed by atoms with Gasteiger partial charge in [0.05, 0.1) is 5.57 Å². The minimum atomic E-state index is -0.319. The van der Waals surface area contributed by atoms with E-state index in [1.54, 1.807) is 7.05 Å². The molecule has 1 aromatic rings. The molecule has 19 heavy (non-hydrogen) atoms. The molecule has 5 nitrogen and oxygen atoms in total. The highest BCUT2D eigenvalue weighted by Gasteiger charge is 2.10. The number of hydrogen-bond acceptors (Lipinski definition) is 4. The maximum Gasteiger partial charge on any atom is 0.259 e. The first-order chi connectivity index (χ1) is 8.97. The number of anilines is 1. The lowest BCUT2D eigenvalue weighted by molar-refractivity contribution is -0.112. The van der Waals surface area contributed by atoms with E-state index in [0.717, 1.165) is 11.3 Å². The van der Waals surface area contributed by atoms with Crippen LogP contribution in [0.25, 0.3) is 0 Å². The normalized spacial score (nSPS) is 12.2. The number of aryl methyl sites for hydroxylation is 1. The van der Waals surface area contributed by atoms with Crippen molar-refractivity contribution in [1.29, 1.82) is 0 Å². The Morgan fingerprint density at radius 2 is 2.16 bits per heavy atom. The molecular formula is C14H20N4O. The van der Waals surface area contributed by atoms with Crippen LogP contribution in [0.1, 0.15) is 31.0 Å². The maximum absolute atomic E-state index is 11.9. The Morgan fingerprint density at radius 3 is 2.68 bits per heavy atom. The molecule has 0 saturated heterocycles. The first-order valence-corrected chi connectivity index (χ1v) is 6.12. The Kier molecular flexibility index (Phi) is 5.23. The van der Waals surface area contributed by atoms with Crippen molar-refractivity contribution in [3.05, 3.63) is 35.2 Å². The van der Waals surface area contributed by atoms with E-state index in [4.69, 9.17) is 5.73 Å². The van der Waals surface area contributed by atoms with E-state index < -0.39 is 0 Å². The van der Waals surface area contributed by atoms with Gasteiger partial charge in [-0.1, -0.05) is 13.8 Å². The van der Waals surface area contributed by atoms with Crippen LogP contribution < -0.4 is 11.1 Å². The number of amides is 1. The molecule has 1 aromatic heterocycles. The second kappa shape index (κ2) is 6.68. The Bertz CT molecular complexity index is 518. The number of nitrogens with one attached hydrogen (secondary N) is 1. The summed E-state index contributed by atoms with van der Waals surface area (Å²) in [5.74, 6) is 0.510. The van der Waals surface area contributed by atoms with Gasteiger partial charge >= 0.3 is 0 Å². The van der Waals surface area contributed by atoms with Crippen molar-refractivity contribution in [3.8, 4) is 0 Å². The monoisotopic (exact) mass is 260 g/mol. The fourth-order valence-corrected chi connectivity index (χ4v) is 1.56. The first-order valence-electron chi connectivity index (χ1n) is 6.12. The van der Waals surface area contributed by atoms with Gasteiger partial charge in [0.1, 0.15) is 5.82 Å². The van der Waals surface area contributed by atoms with E-state index in [2.05, 4.69) is 29.1 Å². The highest BCUT2D eigenvalue weighted by molar-refractivity contribution is 6.17. The van der Waals surface area contributed by atoms with Crippen LogP contribution in [0.5, 0.6) is 0 Å². The highest BCUT2D eigenvalue weighted by atomic mass is 16.1. The highest BCUT2D eigenvalue weighted by Crippen LogP contribution is 2.17. The standard InChI is InChI=1S/C14H20N4O/c1-9(2)12-5-10(3)6-13(17-12)18-14(19)11(7-15)8-16-4/h5-9H,15H2,1-4H3,(H,17,18,19)/b11-7+,16-8?. The van der Waals surface area contributed by atoms with E-state index in [-0.39, 0.29) is 5.91 Å². The van der Waals surface area contributed by atoms with Gasteiger partial charge in [-0.25, -0.2) is 4.98 Å². The van der Waals surface area contributed by atoms with Gasteiger partial charge in [-0.15, -0.1) is 0 Å². The number of rotatable bonds is 4. The zero-order chi connectivity index (χ0) is 14.4. The lowest BCUT2D eigenvalue weighted by Crippen LogP contribution is -2.18. The van der Waals surface area contributed by atoms with Crippen LogP contribution in [0, 0.1) is 6.92 Å². The van der Waals surface area contributed by atoms with Crippen LogP contribution in [0.4, 0.5) is 5.82 Å². The van der Waals surface area contributed by atoms with Crippen molar-refractivity contribution in [3.63, 3.8) is 0 Å². The van der Waals surface area contributed by atoms with Crippen LogP contribution >= 0.6 is 0 Å². The molecular weight excluding hydrogens is 240 g/mol. The Labute approximate surface area is 113 Å². The van der Waals surface area contributed by atoms with E-state index in [9.17, 15) is 4.79 Å². The molecule has 0 aliphatic heterocycles. The summed E-state index contributed by atoms with van der Waals surface area (Å²) in [7, 11) is 1.58. The number of carbonyl (C=O) groups is 1. The zero-order valence-corrected chi connectivity index (χ0v) is 11.8. The average Bonchev–Trinajstić information content (AvgIpc) is 2.34. The molecule has 1 amide bonds. The quantitative estimate of drug-likeness (QED) is 0.641. The van der Waals surface area contributed by atoms with Gasteiger partial charge in [-0.2, -0.15) is 0 Å². The summed E-state index contributed by atoms with van der Waals surface area (Å²) in [4.78, 5) is 20.1. The fourth-order valence-electron chi connectivity index (χ4n) is 1.56. The fraction of sp³-hybridized carbons (Fsp3) is 0.357. The number of carbonyl (C=O) groups excluding carboxylic acids is 1. The molecule has 0 aromatic carbocycles. The molecule has 0 fully saturated rings. The van der Waals surface area contributed by atoms with Crippen molar-refractivity contribution < 1.29 is 4.79 Å². The van der Waals surface area contributed by atoms with Crippen molar-refractivity contribution in [2.75, 3.05) is 12.4 Å². The smallest absolute Gasteiger partial charge is 0.259 e. The average molecular weight is 260 g/mol. The molecule has 0 radical (unpaired) electrons. The van der Waals surface area contributed by atoms with E-state index in [0.29, 0.717) is 17.3 Å². The Balaban J connectivity index is 2.96. The second-order valence-electron chi connectivity index (χ2n) is 4.57. The molecule has 5 heteroatoms. The van der Waals surface area contributed by atoms with Crippen LogP contribution in [0.15, 0.2) is 28.9 Å². The minimum absolute atomic E-state index is 0.303. The van der Waals surface area contributed by atoms with Gasteiger partial charge < -0.3 is 11.1 Å². The summed E-state index contributed by atoms with van der Waals surface area (Å²) in [6.45, 7) is 6.08. The van der Waals surface area contributed by atoms with E-state index >= 15 is 0 Å². The summed E-state index contributed by atoms with van der Waals surface area (Å²) in [6.07, 6.45) is 2.63. The van der Waals surface area contributed by atoms with Gasteiger partial charge in [-0.3, -0.25) is 9.79 Å². The van der Waals surface area contributed by atoms with Crippen LogP contribution in [-0.2, 0) is 4.79 Å². The third-order valence-electron chi connectivity index (χ3n) is 2.53. The summed E-state index contributed by atoms with van der Waals surface area (Å²) >= 11 is 0. The number of nitrogens with zero attached hydrogens (tertiary/aromatic N) is 2. The molecule has 0 aliphatic carbocycles. The van der Waals surface area contributed by atoms with Crippen molar-refractivity contribution >= 4 is 17.9 Å². The topological polar surface area (TPSA) is 80.4 Å². The number of aromatic nitrogens is 1. The van der Waals surface area contributed by atoms with Crippen LogP contribution in [-0.4, -0.2) is 24.2 Å². The van der Waals surface area contributed by atoms with Gasteiger partial charge in [0.2, 0.25) is 0 Å². The number of pyridine rings is 1. The molecule has 1 heterocycles. The number of nitrogens with two attached hydrogens (primary N) is 1. The van der Waals surface area contributed by atoms with Gasteiger partial charge in [-0.05, 0) is 30.5 Å². The van der Waals surface area contributed by atoms with Crippen LogP contribution in [0.2, 0.25) is 0 Å². The summed E-state index contributed by atoms with van der Waals surface area (Å²) in [6, 6.07) is 3.83. The SMILES string of the molecule is CN=C/C(=C\N)C(=O)Nc1cc(C)cc(C(C)C)n1. The summed E-state index contributed by atoms with van der Waals surface area (Å²) in [5, 5.41) is 2.72. The lowest BCUT2D eigenvalue weighted by atomic mass is 10.1. The van der Waals surface area contributed by atoms with Crippen LogP contribution in [0.3, 0.4) is 0 Å². The molecule has 1 rings (SSSR count). The molecule has 0 saturated carbocycles. The van der Waals surface area contributed by atoms with Gasteiger partial charge in [0, 0.05) is 25.2 Å². The molecule has 3 N–H and O–H groups in total. The Morgan fingerprint density at radius 1 is 1.47 bits per heavy atom. The second-order valence-corrected chi connectivity index (χ2v) is 4.57. The number of aliphatic imine (C=N–C) groups is 1. The molecule has 102 valence electrons. The summed E-state index contributed by atoms with van der Waals surface area (Å²) in [5.41, 5.74) is 7.68. The lowest BCUT2D eigenvalue weighted by Gasteiger charge is -2.10.